The van der Waals surface area contributed by atoms with Crippen LogP contribution in [0, 0.1) is 0 Å². The molecular weight excluding hydrogens is 402 g/mol. The average Bonchev–Trinajstić information content (AvgIpc) is 3.22. The van der Waals surface area contributed by atoms with E-state index in [0.29, 0.717) is 18.8 Å². The summed E-state index contributed by atoms with van der Waals surface area (Å²) in [7, 11) is 1.65. The fourth-order valence-electron chi connectivity index (χ4n) is 3.96. The van der Waals surface area contributed by atoms with Crippen molar-refractivity contribution in [2.45, 2.75) is 26.4 Å². The number of Topliss-reactive ketones (excluding diaryl/α,β-unsaturated/α-hetero) is 1. The van der Waals surface area contributed by atoms with E-state index in [4.69, 9.17) is 19.2 Å². The molecule has 0 saturated heterocycles. The smallest absolute Gasteiger partial charge is 0.202 e. The zero-order valence-corrected chi connectivity index (χ0v) is 18.0. The van der Waals surface area contributed by atoms with E-state index >= 15 is 0 Å². The quantitative estimate of drug-likeness (QED) is 0.362. The monoisotopic (exact) mass is 425 g/mol. The minimum atomic E-state index is -0.501. The van der Waals surface area contributed by atoms with E-state index in [1.165, 1.54) is 0 Å². The topological polar surface area (TPSA) is 57.6 Å². The maximum absolute atomic E-state index is 11.6. The molecule has 1 aromatic heterocycles. The molecule has 0 spiro atoms. The summed E-state index contributed by atoms with van der Waals surface area (Å²) in [5.74, 6) is 0.795. The number of ether oxygens (including phenoxy) is 3. The number of carbonyl (C=O) groups is 1. The Hall–Kier alpha value is -3.54. The van der Waals surface area contributed by atoms with Gasteiger partial charge >= 0.3 is 0 Å². The summed E-state index contributed by atoms with van der Waals surface area (Å²) in [6.45, 7) is 2.41. The van der Waals surface area contributed by atoms with E-state index in [9.17, 15) is 4.79 Å². The molecular formula is C27H23NO4. The van der Waals surface area contributed by atoms with E-state index in [2.05, 4.69) is 18.2 Å². The van der Waals surface area contributed by atoms with Gasteiger partial charge in [0.05, 0.1) is 25.8 Å². The molecule has 32 heavy (non-hydrogen) atoms. The normalized spacial score (nSPS) is 15.0. The highest BCUT2D eigenvalue weighted by atomic mass is 16.7. The first kappa shape index (κ1) is 20.4. The highest BCUT2D eigenvalue weighted by Crippen LogP contribution is 2.34. The number of ketones is 1. The Kier molecular flexibility index (Phi) is 5.43. The fraction of sp³-hybridized carbons (Fsp3) is 0.185. The Morgan fingerprint density at radius 1 is 1.03 bits per heavy atom. The molecule has 0 amide bonds. The second-order valence-corrected chi connectivity index (χ2v) is 7.88. The van der Waals surface area contributed by atoms with Crippen LogP contribution in [0.15, 0.2) is 72.8 Å². The standard InChI is InChI=1S/C27H23NO4/c1-17(29)19-7-9-20(10-8-19)22-11-18(12-24(14-22)30-2)15-31-27-26-23(16-32-27)13-21-5-3-4-6-25(21)28-26/h3-14,27H,15-16H2,1-2H3. The lowest BCUT2D eigenvalue weighted by Crippen LogP contribution is -2.05. The molecule has 0 fully saturated rings. The number of pyridine rings is 1. The van der Waals surface area contributed by atoms with Crippen molar-refractivity contribution < 1.29 is 19.0 Å². The average molecular weight is 425 g/mol. The molecule has 5 nitrogen and oxygen atoms in total. The van der Waals surface area contributed by atoms with Crippen molar-refractivity contribution in [1.29, 1.82) is 0 Å². The third-order valence-corrected chi connectivity index (χ3v) is 5.68. The van der Waals surface area contributed by atoms with Crippen molar-refractivity contribution in [2.24, 2.45) is 0 Å². The van der Waals surface area contributed by atoms with Crippen LogP contribution in [-0.4, -0.2) is 17.9 Å². The van der Waals surface area contributed by atoms with Gasteiger partial charge in [-0.1, -0.05) is 42.5 Å². The fourth-order valence-corrected chi connectivity index (χ4v) is 3.96. The second-order valence-electron chi connectivity index (χ2n) is 7.88. The number of methoxy groups -OCH3 is 1. The summed E-state index contributed by atoms with van der Waals surface area (Å²) in [6.07, 6.45) is -0.501. The number of rotatable bonds is 6. The van der Waals surface area contributed by atoms with Crippen molar-refractivity contribution in [3.05, 3.63) is 95.2 Å². The lowest BCUT2D eigenvalue weighted by molar-refractivity contribution is -0.147. The minimum Gasteiger partial charge on any atom is -0.497 e. The predicted molar refractivity (Wildman–Crippen MR) is 122 cm³/mol. The number of fused-ring (bicyclic) bond motifs is 2. The summed E-state index contributed by atoms with van der Waals surface area (Å²) in [5, 5.41) is 1.10. The molecule has 1 unspecified atom stereocenters. The predicted octanol–water partition coefficient (Wildman–Crippen LogP) is 5.86. The van der Waals surface area contributed by atoms with Gasteiger partial charge in [0.25, 0.3) is 0 Å². The highest BCUT2D eigenvalue weighted by molar-refractivity contribution is 5.94. The van der Waals surface area contributed by atoms with E-state index in [1.807, 2.05) is 54.6 Å². The van der Waals surface area contributed by atoms with Gasteiger partial charge in [0.2, 0.25) is 6.29 Å². The Labute approximate surface area is 186 Å². The van der Waals surface area contributed by atoms with Crippen LogP contribution in [0.1, 0.15) is 40.4 Å². The van der Waals surface area contributed by atoms with Gasteiger partial charge in [-0.25, -0.2) is 4.98 Å². The first-order valence-electron chi connectivity index (χ1n) is 10.5. The van der Waals surface area contributed by atoms with Gasteiger partial charge in [-0.2, -0.15) is 0 Å². The second kappa shape index (κ2) is 8.54. The van der Waals surface area contributed by atoms with Gasteiger partial charge in [-0.05, 0) is 53.9 Å². The van der Waals surface area contributed by atoms with Crippen molar-refractivity contribution in [3.63, 3.8) is 0 Å². The molecule has 0 N–H and O–H groups in total. The molecule has 5 rings (SSSR count). The van der Waals surface area contributed by atoms with Crippen molar-refractivity contribution in [1.82, 2.24) is 4.98 Å². The molecule has 1 aliphatic rings. The molecule has 1 atom stereocenters. The zero-order chi connectivity index (χ0) is 22.1. The minimum absolute atomic E-state index is 0.0505. The van der Waals surface area contributed by atoms with Crippen LogP contribution >= 0.6 is 0 Å². The lowest BCUT2D eigenvalue weighted by atomic mass is 10.0. The summed E-state index contributed by atoms with van der Waals surface area (Å²) in [6, 6.07) is 23.7. The Balaban J connectivity index is 1.38. The summed E-state index contributed by atoms with van der Waals surface area (Å²) in [5.41, 5.74) is 6.49. The molecule has 0 saturated carbocycles. The number of para-hydroxylation sites is 1. The molecule has 160 valence electrons. The van der Waals surface area contributed by atoms with Gasteiger partial charge in [-0.3, -0.25) is 4.79 Å². The molecule has 0 aliphatic carbocycles. The van der Waals surface area contributed by atoms with Gasteiger partial charge in [-0.15, -0.1) is 0 Å². The van der Waals surface area contributed by atoms with Crippen LogP contribution < -0.4 is 4.74 Å². The Morgan fingerprint density at radius 3 is 2.62 bits per heavy atom. The third-order valence-electron chi connectivity index (χ3n) is 5.68. The summed E-state index contributed by atoms with van der Waals surface area (Å²) >= 11 is 0. The number of carbonyl (C=O) groups excluding carboxylic acids is 1. The Bertz CT molecular complexity index is 1300. The summed E-state index contributed by atoms with van der Waals surface area (Å²) < 4.78 is 17.5. The van der Waals surface area contributed by atoms with Gasteiger partial charge in [0.1, 0.15) is 11.4 Å². The molecule has 2 heterocycles. The van der Waals surface area contributed by atoms with Crippen molar-refractivity contribution in [3.8, 4) is 16.9 Å². The third kappa shape index (κ3) is 4.00. The van der Waals surface area contributed by atoms with E-state index in [1.54, 1.807) is 14.0 Å². The maximum Gasteiger partial charge on any atom is 0.202 e. The van der Waals surface area contributed by atoms with Crippen molar-refractivity contribution in [2.75, 3.05) is 7.11 Å². The Morgan fingerprint density at radius 2 is 1.84 bits per heavy atom. The van der Waals surface area contributed by atoms with Crippen molar-refractivity contribution >= 4 is 16.7 Å². The first-order chi connectivity index (χ1) is 15.6. The van der Waals surface area contributed by atoms with E-state index in [-0.39, 0.29) is 5.78 Å². The highest BCUT2D eigenvalue weighted by Gasteiger charge is 2.26. The number of benzene rings is 3. The maximum atomic E-state index is 11.6. The van der Waals surface area contributed by atoms with Gasteiger partial charge in [0, 0.05) is 16.5 Å². The lowest BCUT2D eigenvalue weighted by Gasteiger charge is -2.14. The van der Waals surface area contributed by atoms with Gasteiger partial charge < -0.3 is 14.2 Å². The van der Waals surface area contributed by atoms with Crippen LogP contribution in [0.3, 0.4) is 0 Å². The van der Waals surface area contributed by atoms with Crippen LogP contribution in [0.25, 0.3) is 22.0 Å². The molecule has 4 aromatic rings. The number of hydrogen-bond donors (Lipinski definition) is 0. The molecule has 1 aliphatic heterocycles. The largest absolute Gasteiger partial charge is 0.497 e. The SMILES string of the molecule is COc1cc(COC2OCc3cc4ccccc4nc32)cc(-c2ccc(C(C)=O)cc2)c1. The number of hydrogen-bond acceptors (Lipinski definition) is 5. The van der Waals surface area contributed by atoms with E-state index in [0.717, 1.165) is 44.6 Å². The van der Waals surface area contributed by atoms with Crippen LogP contribution in [-0.2, 0) is 22.7 Å². The number of aromatic nitrogens is 1. The van der Waals surface area contributed by atoms with Crippen LogP contribution in [0.2, 0.25) is 0 Å². The molecule has 0 bridgehead atoms. The molecule has 3 aromatic carbocycles. The van der Waals surface area contributed by atoms with E-state index < -0.39 is 6.29 Å². The first-order valence-corrected chi connectivity index (χ1v) is 10.5. The molecule has 0 radical (unpaired) electrons. The van der Waals surface area contributed by atoms with Crippen LogP contribution in [0.4, 0.5) is 0 Å². The molecule has 5 heteroatoms. The van der Waals surface area contributed by atoms with Gasteiger partial charge in [0.15, 0.2) is 5.78 Å². The summed E-state index contributed by atoms with van der Waals surface area (Å²) in [4.78, 5) is 16.3. The van der Waals surface area contributed by atoms with Crippen LogP contribution in [0.5, 0.6) is 5.75 Å². The number of nitrogens with zero attached hydrogens (tertiary/aromatic N) is 1. The zero-order valence-electron chi connectivity index (χ0n) is 18.0.